The molecule has 7 rings (SSSR count). The SMILES string of the molecule is CC(=O)OCCn1c(-c2ccc(-c3c(C(C(=O)C(N)C(C)(C)C)C4CCCN4)c4ccc(F)cc4n3CCOC(C)=O)cc2)c(C(C(=O)C(N)C(C)(C)C)C2CCCN2)c2ccc(F)cc21. The minimum Gasteiger partial charge on any atom is -0.464 e. The minimum atomic E-state index is -0.825. The van der Waals surface area contributed by atoms with Gasteiger partial charge >= 0.3 is 11.9 Å². The number of nitrogens with two attached hydrogens (primary N) is 2. The van der Waals surface area contributed by atoms with E-state index in [1.165, 1.54) is 38.1 Å². The Bertz CT molecular complexity index is 2430. The Balaban J connectivity index is 1.50. The maximum atomic E-state index is 15.4. The van der Waals surface area contributed by atoms with Crippen LogP contribution in [-0.2, 0) is 41.7 Å². The molecule has 2 aromatic heterocycles. The molecule has 2 saturated heterocycles. The Kier molecular flexibility index (Phi) is 14.4. The average molecular weight is 909 g/mol. The van der Waals surface area contributed by atoms with Crippen LogP contribution in [0, 0.1) is 22.5 Å². The Morgan fingerprint density at radius 1 is 0.636 bits per heavy atom. The standard InChI is InChI=1S/C52H66F2N6O6/c1-29(61)65-25-23-59-39-27-33(53)17-19-35(39)41(43(37-11-9-21-57-37)47(63)49(55)51(3,4)5)45(59)31-13-15-32(16-14-31)46-42(44(38-12-10-22-58-38)48(64)50(56)52(6,7)8)36-20-18-34(54)28-40(36)60(46)24-26-66-30(2)62/h13-20,27-28,37-38,43-44,49-50,57-58H,9-12,21-26,55-56H2,1-8H3. The first-order valence-electron chi connectivity index (χ1n) is 23.2. The molecule has 4 heterocycles. The largest absolute Gasteiger partial charge is 0.464 e. The van der Waals surface area contributed by atoms with Crippen LogP contribution in [0.15, 0.2) is 60.7 Å². The Morgan fingerprint density at radius 2 is 1.00 bits per heavy atom. The van der Waals surface area contributed by atoms with E-state index in [4.69, 9.17) is 20.9 Å². The molecule has 2 aliphatic rings. The number of rotatable bonds is 16. The second-order valence-electron chi connectivity index (χ2n) is 20.3. The Morgan fingerprint density at radius 3 is 1.30 bits per heavy atom. The highest BCUT2D eigenvalue weighted by Crippen LogP contribution is 2.46. The number of ether oxygens (including phenoxy) is 2. The summed E-state index contributed by atoms with van der Waals surface area (Å²) in [5, 5.41) is 8.52. The third kappa shape index (κ3) is 9.88. The van der Waals surface area contributed by atoms with Crippen LogP contribution in [0.5, 0.6) is 0 Å². The van der Waals surface area contributed by atoms with Crippen LogP contribution in [0.3, 0.4) is 0 Å². The van der Waals surface area contributed by atoms with Crippen LogP contribution in [0.4, 0.5) is 8.78 Å². The van der Waals surface area contributed by atoms with Gasteiger partial charge in [0.1, 0.15) is 24.8 Å². The van der Waals surface area contributed by atoms with Crippen LogP contribution in [-0.4, -0.2) is 83.1 Å². The van der Waals surface area contributed by atoms with Gasteiger partial charge in [-0.2, -0.15) is 0 Å². The summed E-state index contributed by atoms with van der Waals surface area (Å²) in [7, 11) is 0. The molecule has 66 heavy (non-hydrogen) atoms. The van der Waals surface area contributed by atoms with Crippen LogP contribution in [0.1, 0.15) is 104 Å². The van der Waals surface area contributed by atoms with Gasteiger partial charge in [0.2, 0.25) is 0 Å². The third-order valence-corrected chi connectivity index (χ3v) is 13.5. The number of esters is 2. The molecular weight excluding hydrogens is 843 g/mol. The van der Waals surface area contributed by atoms with Crippen LogP contribution in [0.25, 0.3) is 44.3 Å². The monoisotopic (exact) mass is 909 g/mol. The molecule has 6 N–H and O–H groups in total. The first kappa shape index (κ1) is 48.6. The molecule has 0 bridgehead atoms. The lowest BCUT2D eigenvalue weighted by Gasteiger charge is -2.33. The van der Waals surface area contributed by atoms with Gasteiger partial charge in [0.15, 0.2) is 11.6 Å². The topological polar surface area (TPSA) is 173 Å². The van der Waals surface area contributed by atoms with E-state index >= 15 is 8.78 Å². The lowest BCUT2D eigenvalue weighted by molar-refractivity contribution is -0.142. The molecule has 14 heteroatoms. The normalized spacial score (nSPS) is 18.7. The summed E-state index contributed by atoms with van der Waals surface area (Å²) in [6, 6.07) is 14.7. The van der Waals surface area contributed by atoms with E-state index in [9.17, 15) is 19.2 Å². The highest BCUT2D eigenvalue weighted by atomic mass is 19.1. The number of carbonyl (C=O) groups excluding carboxylic acids is 4. The molecule has 354 valence electrons. The van der Waals surface area contributed by atoms with Gasteiger partial charge in [0.25, 0.3) is 0 Å². The van der Waals surface area contributed by atoms with Gasteiger partial charge in [0, 0.05) is 36.7 Å². The highest BCUT2D eigenvalue weighted by molar-refractivity contribution is 6.03. The lowest BCUT2D eigenvalue weighted by atomic mass is 9.75. The third-order valence-electron chi connectivity index (χ3n) is 13.5. The molecule has 0 spiro atoms. The molecule has 6 atom stereocenters. The summed E-state index contributed by atoms with van der Waals surface area (Å²) in [5.74, 6) is -3.57. The van der Waals surface area contributed by atoms with Crippen molar-refractivity contribution in [3.63, 3.8) is 0 Å². The zero-order chi connectivity index (χ0) is 47.8. The van der Waals surface area contributed by atoms with Crippen molar-refractivity contribution >= 4 is 45.3 Å². The number of hydrogen-bond donors (Lipinski definition) is 4. The number of ketones is 2. The van der Waals surface area contributed by atoms with Gasteiger partial charge in [-0.15, -0.1) is 0 Å². The maximum absolute atomic E-state index is 15.4. The van der Waals surface area contributed by atoms with Crippen LogP contribution < -0.4 is 22.1 Å². The average Bonchev–Trinajstić information content (AvgIpc) is 4.08. The van der Waals surface area contributed by atoms with E-state index in [-0.39, 0.29) is 50.0 Å². The molecular formula is C52H66F2N6O6. The van der Waals surface area contributed by atoms with Crippen molar-refractivity contribution in [2.75, 3.05) is 26.3 Å². The zero-order valence-electron chi connectivity index (χ0n) is 39.6. The van der Waals surface area contributed by atoms with Crippen molar-refractivity contribution in [2.24, 2.45) is 22.3 Å². The number of Topliss-reactive ketones (excluding diaryl/α,β-unsaturated/α-hetero) is 2. The smallest absolute Gasteiger partial charge is 0.302 e. The summed E-state index contributed by atoms with van der Waals surface area (Å²) in [6.45, 7) is 16.1. The fourth-order valence-electron chi connectivity index (χ4n) is 10.1. The fraction of sp³-hybridized carbons (Fsp3) is 0.500. The molecule has 3 aromatic carbocycles. The number of nitrogens with zero attached hydrogens (tertiary/aromatic N) is 2. The number of halogens is 2. The molecule has 2 aliphatic heterocycles. The molecule has 0 saturated carbocycles. The van der Waals surface area contributed by atoms with Gasteiger partial charge in [-0.1, -0.05) is 65.8 Å². The van der Waals surface area contributed by atoms with Gasteiger partial charge in [-0.05, 0) is 108 Å². The lowest BCUT2D eigenvalue weighted by Crippen LogP contribution is -2.48. The first-order valence-corrected chi connectivity index (χ1v) is 23.2. The van der Waals surface area contributed by atoms with E-state index < -0.39 is 58.3 Å². The summed E-state index contributed by atoms with van der Waals surface area (Å²) in [4.78, 5) is 54.1. The quantitative estimate of drug-likeness (QED) is 0.0714. The van der Waals surface area contributed by atoms with Gasteiger partial charge < -0.3 is 40.7 Å². The van der Waals surface area contributed by atoms with Crippen molar-refractivity contribution in [3.05, 3.63) is 83.4 Å². The molecule has 12 nitrogen and oxygen atoms in total. The number of benzene rings is 3. The van der Waals surface area contributed by atoms with E-state index in [1.807, 2.05) is 74.9 Å². The minimum absolute atomic E-state index is 0.00831. The zero-order valence-corrected chi connectivity index (χ0v) is 39.6. The van der Waals surface area contributed by atoms with Crippen molar-refractivity contribution in [3.8, 4) is 22.5 Å². The first-order chi connectivity index (χ1) is 31.2. The molecule has 2 fully saturated rings. The summed E-state index contributed by atoms with van der Waals surface area (Å²) in [6.07, 6.45) is 3.17. The van der Waals surface area contributed by atoms with Gasteiger partial charge in [0.05, 0.1) is 59.4 Å². The van der Waals surface area contributed by atoms with Crippen LogP contribution >= 0.6 is 0 Å². The summed E-state index contributed by atoms with van der Waals surface area (Å²) < 4.78 is 45.5. The Labute approximate surface area is 386 Å². The maximum Gasteiger partial charge on any atom is 0.302 e. The van der Waals surface area contributed by atoms with Gasteiger partial charge in [-0.25, -0.2) is 8.78 Å². The van der Waals surface area contributed by atoms with Crippen molar-refractivity contribution in [2.45, 2.75) is 130 Å². The van der Waals surface area contributed by atoms with Crippen molar-refractivity contribution < 1.29 is 37.4 Å². The number of hydrogen-bond acceptors (Lipinski definition) is 10. The Hall–Kier alpha value is -5.28. The van der Waals surface area contributed by atoms with E-state index in [0.29, 0.717) is 55.4 Å². The van der Waals surface area contributed by atoms with Crippen molar-refractivity contribution in [1.29, 1.82) is 0 Å². The second kappa shape index (κ2) is 19.5. The van der Waals surface area contributed by atoms with Crippen LogP contribution in [0.2, 0.25) is 0 Å². The number of fused-ring (bicyclic) bond motifs is 2. The van der Waals surface area contributed by atoms with E-state index in [1.54, 1.807) is 12.1 Å². The number of carbonyl (C=O) groups is 4. The summed E-state index contributed by atoms with van der Waals surface area (Å²) >= 11 is 0. The fourth-order valence-corrected chi connectivity index (χ4v) is 10.1. The molecule has 0 amide bonds. The van der Waals surface area contributed by atoms with E-state index in [0.717, 1.165) is 38.8 Å². The molecule has 6 unspecified atom stereocenters. The molecule has 0 radical (unpaired) electrons. The molecule has 0 aliphatic carbocycles. The predicted molar refractivity (Wildman–Crippen MR) is 254 cm³/mol. The summed E-state index contributed by atoms with van der Waals surface area (Å²) in [5.41, 5.74) is 17.7. The van der Waals surface area contributed by atoms with Crippen molar-refractivity contribution in [1.82, 2.24) is 19.8 Å². The van der Waals surface area contributed by atoms with Gasteiger partial charge in [-0.3, -0.25) is 19.2 Å². The second-order valence-corrected chi connectivity index (χ2v) is 20.3. The molecule has 5 aromatic rings. The highest BCUT2D eigenvalue weighted by Gasteiger charge is 2.44. The van der Waals surface area contributed by atoms with E-state index in [2.05, 4.69) is 10.6 Å². The number of nitrogens with one attached hydrogen (secondary N) is 2. The predicted octanol–water partition coefficient (Wildman–Crippen LogP) is 7.89. The number of aromatic nitrogens is 2.